The van der Waals surface area contributed by atoms with Crippen LogP contribution in [0.5, 0.6) is 0 Å². The summed E-state index contributed by atoms with van der Waals surface area (Å²) in [5.41, 5.74) is 1.05. The lowest BCUT2D eigenvalue weighted by Gasteiger charge is -2.38. The maximum Gasteiger partial charge on any atom is 0.239 e. The van der Waals surface area contributed by atoms with E-state index in [0.717, 1.165) is 12.1 Å². The summed E-state index contributed by atoms with van der Waals surface area (Å²) in [5, 5.41) is 2.92. The molecular formula is C29H32F3N3O3S. The van der Waals surface area contributed by atoms with Gasteiger partial charge in [-0.05, 0) is 55.2 Å². The summed E-state index contributed by atoms with van der Waals surface area (Å²) in [6.07, 6.45) is 1.10. The molecule has 0 aromatic heterocycles. The number of rotatable bonds is 10. The monoisotopic (exact) mass is 559 g/mol. The number of carbonyl (C=O) groups excluding carboxylic acids is 1. The minimum atomic E-state index is -3.81. The van der Waals surface area contributed by atoms with Gasteiger partial charge in [0.25, 0.3) is 0 Å². The van der Waals surface area contributed by atoms with Crippen LogP contribution in [0.1, 0.15) is 30.9 Å². The predicted molar refractivity (Wildman–Crippen MR) is 145 cm³/mol. The molecule has 4 rings (SSSR count). The first kappa shape index (κ1) is 28.6. The Morgan fingerprint density at radius 2 is 1.67 bits per heavy atom. The molecule has 1 fully saturated rings. The zero-order chi connectivity index (χ0) is 28.0. The van der Waals surface area contributed by atoms with Crippen LogP contribution in [0.2, 0.25) is 0 Å². The average Bonchev–Trinajstić information content (AvgIpc) is 2.89. The Hall–Kier alpha value is -3.37. The lowest BCUT2D eigenvalue weighted by Crippen LogP contribution is -2.51. The smallest absolute Gasteiger partial charge is 0.239 e. The topological polar surface area (TPSA) is 69.7 Å². The third-order valence-corrected chi connectivity index (χ3v) is 8.67. The Kier molecular flexibility index (Phi) is 9.29. The Morgan fingerprint density at radius 1 is 0.974 bits per heavy atom. The lowest BCUT2D eigenvalue weighted by molar-refractivity contribution is -0.121. The average molecular weight is 560 g/mol. The number of hydrogen-bond acceptors (Lipinski definition) is 4. The summed E-state index contributed by atoms with van der Waals surface area (Å²) in [5.74, 6) is -2.51. The number of nitrogens with one attached hydrogen (secondary N) is 1. The van der Waals surface area contributed by atoms with Gasteiger partial charge in [0.05, 0.1) is 17.9 Å². The molecule has 0 unspecified atom stereocenters. The fraction of sp³-hybridized carbons (Fsp3) is 0.345. The van der Waals surface area contributed by atoms with Gasteiger partial charge in [-0.2, -0.15) is 0 Å². The van der Waals surface area contributed by atoms with Crippen LogP contribution in [0, 0.1) is 17.5 Å². The van der Waals surface area contributed by atoms with E-state index in [1.807, 2.05) is 13.0 Å². The van der Waals surface area contributed by atoms with E-state index < -0.39 is 27.5 Å². The Labute approximate surface area is 227 Å². The number of benzene rings is 3. The zero-order valence-corrected chi connectivity index (χ0v) is 22.5. The van der Waals surface area contributed by atoms with E-state index in [0.29, 0.717) is 31.5 Å². The van der Waals surface area contributed by atoms with Gasteiger partial charge in [-0.25, -0.2) is 21.6 Å². The molecule has 39 heavy (non-hydrogen) atoms. The molecule has 1 aliphatic rings. The van der Waals surface area contributed by atoms with Gasteiger partial charge in [0, 0.05) is 37.8 Å². The molecule has 1 aliphatic heterocycles. The molecule has 0 radical (unpaired) electrons. The fourth-order valence-electron chi connectivity index (χ4n) is 4.83. The first-order chi connectivity index (χ1) is 18.6. The second kappa shape index (κ2) is 12.7. The molecular weight excluding hydrogens is 527 g/mol. The standard InChI is InChI=1S/C29H32F3N3O3S/c1-21(34-14-12-26(13-15-34)33-29(36)16-23-10-11-25(31)18-28(23)32)19-35(27-9-5-8-24(30)17-27)39(37,38)20-22-6-3-2-4-7-22/h2-11,17-18,21,26H,12-16,19-20H2,1H3,(H,33,36)/t21-/m1/s1. The van der Waals surface area contributed by atoms with Crippen LogP contribution in [-0.4, -0.2) is 50.9 Å². The van der Waals surface area contributed by atoms with Crippen LogP contribution in [0.4, 0.5) is 18.9 Å². The predicted octanol–water partition coefficient (Wildman–Crippen LogP) is 4.65. The minimum Gasteiger partial charge on any atom is -0.353 e. The molecule has 3 aromatic rings. The van der Waals surface area contributed by atoms with Crippen LogP contribution >= 0.6 is 0 Å². The van der Waals surface area contributed by atoms with Crippen LogP contribution in [0.15, 0.2) is 72.8 Å². The zero-order valence-electron chi connectivity index (χ0n) is 21.7. The van der Waals surface area contributed by atoms with Crippen molar-refractivity contribution in [2.24, 2.45) is 0 Å². The van der Waals surface area contributed by atoms with Crippen molar-refractivity contribution in [3.8, 4) is 0 Å². The van der Waals surface area contributed by atoms with Crippen LogP contribution in [-0.2, 0) is 27.0 Å². The second-order valence-corrected chi connectivity index (χ2v) is 11.8. The van der Waals surface area contributed by atoms with Crippen molar-refractivity contribution >= 4 is 21.6 Å². The van der Waals surface area contributed by atoms with Crippen molar-refractivity contribution < 1.29 is 26.4 Å². The maximum atomic E-state index is 14.1. The van der Waals surface area contributed by atoms with Gasteiger partial charge in [-0.15, -0.1) is 0 Å². The number of likely N-dealkylation sites (tertiary alicyclic amines) is 1. The number of sulfonamides is 1. The molecule has 0 spiro atoms. The number of carbonyl (C=O) groups is 1. The van der Waals surface area contributed by atoms with Crippen molar-refractivity contribution in [2.75, 3.05) is 23.9 Å². The summed E-state index contributed by atoms with van der Waals surface area (Å²) in [4.78, 5) is 14.6. The molecule has 208 valence electrons. The molecule has 1 amide bonds. The van der Waals surface area contributed by atoms with Gasteiger partial charge < -0.3 is 5.32 Å². The van der Waals surface area contributed by atoms with Crippen molar-refractivity contribution in [1.29, 1.82) is 0 Å². The molecule has 6 nitrogen and oxygen atoms in total. The van der Waals surface area contributed by atoms with E-state index in [-0.39, 0.29) is 48.0 Å². The summed E-state index contributed by atoms with van der Waals surface area (Å²) < 4.78 is 69.3. The number of nitrogens with zero attached hydrogens (tertiary/aromatic N) is 2. The van der Waals surface area contributed by atoms with Crippen molar-refractivity contribution in [3.63, 3.8) is 0 Å². The van der Waals surface area contributed by atoms with Crippen LogP contribution < -0.4 is 9.62 Å². The van der Waals surface area contributed by atoms with Crippen LogP contribution in [0.25, 0.3) is 0 Å². The number of amides is 1. The van der Waals surface area contributed by atoms with Crippen molar-refractivity contribution in [2.45, 2.75) is 44.0 Å². The number of piperidine rings is 1. The Bertz CT molecular complexity index is 1380. The highest BCUT2D eigenvalue weighted by Crippen LogP contribution is 2.24. The summed E-state index contributed by atoms with van der Waals surface area (Å²) >= 11 is 0. The summed E-state index contributed by atoms with van der Waals surface area (Å²) in [7, 11) is -3.81. The first-order valence-corrected chi connectivity index (χ1v) is 14.5. The van der Waals surface area contributed by atoms with Gasteiger partial charge in [0.15, 0.2) is 0 Å². The number of anilines is 1. The van der Waals surface area contributed by atoms with Gasteiger partial charge >= 0.3 is 0 Å². The Balaban J connectivity index is 1.37. The molecule has 1 heterocycles. The molecule has 1 N–H and O–H groups in total. The highest BCUT2D eigenvalue weighted by atomic mass is 32.2. The first-order valence-electron chi connectivity index (χ1n) is 12.9. The maximum absolute atomic E-state index is 14.1. The lowest BCUT2D eigenvalue weighted by atomic mass is 10.0. The molecule has 0 bridgehead atoms. The molecule has 0 saturated carbocycles. The van der Waals surface area contributed by atoms with E-state index in [9.17, 15) is 26.4 Å². The number of halogens is 3. The minimum absolute atomic E-state index is 0.106. The van der Waals surface area contributed by atoms with E-state index in [2.05, 4.69) is 10.2 Å². The Morgan fingerprint density at radius 3 is 2.33 bits per heavy atom. The SMILES string of the molecule is C[C@H](CN(c1cccc(F)c1)S(=O)(=O)Cc1ccccc1)N1CCC(NC(=O)Cc2ccc(F)cc2F)CC1. The van der Waals surface area contributed by atoms with Gasteiger partial charge in [-0.3, -0.25) is 14.0 Å². The fourth-order valence-corrected chi connectivity index (χ4v) is 6.48. The highest BCUT2D eigenvalue weighted by Gasteiger charge is 2.30. The third-order valence-electron chi connectivity index (χ3n) is 6.94. The third kappa shape index (κ3) is 7.83. The van der Waals surface area contributed by atoms with Crippen molar-refractivity contribution in [1.82, 2.24) is 10.2 Å². The number of hydrogen-bond donors (Lipinski definition) is 1. The van der Waals surface area contributed by atoms with Gasteiger partial charge in [0.1, 0.15) is 17.5 Å². The van der Waals surface area contributed by atoms with E-state index >= 15 is 0 Å². The molecule has 0 aliphatic carbocycles. The molecule has 1 atom stereocenters. The largest absolute Gasteiger partial charge is 0.353 e. The van der Waals surface area contributed by atoms with E-state index in [1.165, 1.54) is 28.6 Å². The normalized spacial score (nSPS) is 15.6. The quantitative estimate of drug-likeness (QED) is 0.393. The molecule has 3 aromatic carbocycles. The van der Waals surface area contributed by atoms with Gasteiger partial charge in [-0.1, -0.05) is 42.5 Å². The second-order valence-electron chi connectivity index (χ2n) is 9.89. The molecule has 1 saturated heterocycles. The van der Waals surface area contributed by atoms with Crippen LogP contribution in [0.3, 0.4) is 0 Å². The van der Waals surface area contributed by atoms with Crippen molar-refractivity contribution in [3.05, 3.63) is 101 Å². The summed E-state index contributed by atoms with van der Waals surface area (Å²) in [6.45, 7) is 3.31. The van der Waals surface area contributed by atoms with E-state index in [1.54, 1.807) is 30.3 Å². The molecule has 10 heteroatoms. The van der Waals surface area contributed by atoms with Gasteiger partial charge in [0.2, 0.25) is 15.9 Å². The summed E-state index contributed by atoms with van der Waals surface area (Å²) in [6, 6.07) is 17.3. The highest BCUT2D eigenvalue weighted by molar-refractivity contribution is 7.92. The van der Waals surface area contributed by atoms with E-state index in [4.69, 9.17) is 0 Å².